The second-order valence-electron chi connectivity index (χ2n) is 7.60. The van der Waals surface area contributed by atoms with Crippen LogP contribution >= 0.6 is 11.6 Å². The zero-order valence-corrected chi connectivity index (χ0v) is 19.5. The molecule has 0 saturated heterocycles. The highest BCUT2D eigenvalue weighted by Gasteiger charge is 2.21. The Morgan fingerprint density at radius 3 is 2.67 bits per heavy atom. The summed E-state index contributed by atoms with van der Waals surface area (Å²) in [7, 11) is 0. The van der Waals surface area contributed by atoms with Crippen molar-refractivity contribution in [3.63, 3.8) is 0 Å². The average Bonchev–Trinajstić information content (AvgIpc) is 2.84. The van der Waals surface area contributed by atoms with Crippen molar-refractivity contribution in [3.8, 4) is 5.75 Å². The molecule has 3 aromatic carbocycles. The minimum Gasteiger partial charge on any atom is -0.476 e. The lowest BCUT2D eigenvalue weighted by atomic mass is 10.2. The van der Waals surface area contributed by atoms with Gasteiger partial charge in [-0.1, -0.05) is 41.9 Å². The molecule has 1 amide bonds. The van der Waals surface area contributed by atoms with Gasteiger partial charge in [0.25, 0.3) is 11.5 Å². The molecule has 0 unspecified atom stereocenters. The van der Waals surface area contributed by atoms with Crippen molar-refractivity contribution < 1.29 is 14.5 Å². The predicted molar refractivity (Wildman–Crippen MR) is 135 cm³/mol. The number of H-pyrrole nitrogens is 1. The summed E-state index contributed by atoms with van der Waals surface area (Å²) in [5.41, 5.74) is -0.0677. The summed E-state index contributed by atoms with van der Waals surface area (Å²) >= 11 is 6.21. The van der Waals surface area contributed by atoms with E-state index in [1.54, 1.807) is 30.3 Å². The number of hydrogen-bond acceptors (Lipinski definition) is 7. The number of rotatable bonds is 7. The number of nitrogens with one attached hydrogen (secondary N) is 2. The number of carbonyl (C=O) groups is 1. The minimum atomic E-state index is -0.782. The number of aryl methyl sites for hydroxylation is 1. The van der Waals surface area contributed by atoms with E-state index < -0.39 is 34.4 Å². The molecule has 4 aromatic rings. The number of aromatic amines is 1. The Labute approximate surface area is 207 Å². The predicted octanol–water partition coefficient (Wildman–Crippen LogP) is 3.46. The maximum atomic E-state index is 12.6. The monoisotopic (exact) mass is 507 g/mol. The van der Waals surface area contributed by atoms with Crippen LogP contribution < -0.4 is 21.3 Å². The lowest BCUT2D eigenvalue weighted by Crippen LogP contribution is -2.32. The Morgan fingerprint density at radius 1 is 1.19 bits per heavy atom. The zero-order chi connectivity index (χ0) is 25.8. The molecule has 1 aromatic heterocycles. The molecule has 0 saturated carbocycles. The Morgan fingerprint density at radius 2 is 1.92 bits per heavy atom. The molecule has 11 nitrogen and oxygen atoms in total. The minimum absolute atomic E-state index is 0.128. The molecule has 1 heterocycles. The van der Waals surface area contributed by atoms with Gasteiger partial charge in [0, 0.05) is 17.3 Å². The van der Waals surface area contributed by atoms with Crippen LogP contribution in [-0.4, -0.2) is 33.3 Å². The molecule has 0 bridgehead atoms. The summed E-state index contributed by atoms with van der Waals surface area (Å²) < 4.78 is 5.97. The average molecular weight is 508 g/mol. The van der Waals surface area contributed by atoms with Gasteiger partial charge in [0.05, 0.1) is 27.1 Å². The quantitative estimate of drug-likeness (QED) is 0.222. The van der Waals surface area contributed by atoms with Crippen LogP contribution in [0.5, 0.6) is 5.75 Å². The molecule has 0 aliphatic carbocycles. The molecule has 0 aliphatic heterocycles. The summed E-state index contributed by atoms with van der Waals surface area (Å²) in [6, 6.07) is 15.9. The van der Waals surface area contributed by atoms with Gasteiger partial charge in [-0.3, -0.25) is 19.7 Å². The number of hydrogen-bond donors (Lipinski definition) is 2. The van der Waals surface area contributed by atoms with Crippen molar-refractivity contribution in [1.29, 1.82) is 0 Å². The Balaban J connectivity index is 1.59. The number of nitro benzene ring substituents is 1. The fourth-order valence-electron chi connectivity index (χ4n) is 3.37. The fraction of sp³-hybridized carbons (Fsp3) is 0.0833. The third kappa shape index (κ3) is 5.15. The highest BCUT2D eigenvalue weighted by Crippen LogP contribution is 2.36. The van der Waals surface area contributed by atoms with Gasteiger partial charge in [0.15, 0.2) is 6.61 Å². The number of halogens is 1. The molecule has 0 spiro atoms. The number of ether oxygens (including phenoxy) is 1. The van der Waals surface area contributed by atoms with Gasteiger partial charge < -0.3 is 15.0 Å². The standard InChI is InChI=1S/C24H18ClN5O6/c1-14-6-2-4-8-18(14)27-21(31)13-36-22-17(25)10-15(11-20(22)30(34)35)12-26-29-23(32)16-7-3-5-9-19(16)28-24(29)33/h2-12H,13H2,1H3,(H,27,31)(H,28,33). The van der Waals surface area contributed by atoms with Crippen LogP contribution in [0.2, 0.25) is 5.02 Å². The largest absolute Gasteiger partial charge is 0.476 e. The van der Waals surface area contributed by atoms with E-state index in [0.29, 0.717) is 15.9 Å². The van der Waals surface area contributed by atoms with E-state index in [-0.39, 0.29) is 21.7 Å². The van der Waals surface area contributed by atoms with Gasteiger partial charge in [0.2, 0.25) is 5.75 Å². The highest BCUT2D eigenvalue weighted by atomic mass is 35.5. The van der Waals surface area contributed by atoms with Crippen LogP contribution in [0.1, 0.15) is 11.1 Å². The third-order valence-corrected chi connectivity index (χ3v) is 5.40. The Kier molecular flexibility index (Phi) is 6.93. The van der Waals surface area contributed by atoms with E-state index in [1.807, 2.05) is 19.1 Å². The topological polar surface area (TPSA) is 149 Å². The third-order valence-electron chi connectivity index (χ3n) is 5.12. The summed E-state index contributed by atoms with van der Waals surface area (Å²) in [5, 5.41) is 18.3. The number of carbonyl (C=O) groups excluding carboxylic acids is 1. The number of anilines is 1. The molecule has 0 atom stereocenters. The lowest BCUT2D eigenvalue weighted by molar-refractivity contribution is -0.385. The van der Waals surface area contributed by atoms with Gasteiger partial charge >= 0.3 is 11.4 Å². The summed E-state index contributed by atoms with van der Waals surface area (Å²) in [5.74, 6) is -0.838. The number of aromatic nitrogens is 2. The van der Waals surface area contributed by atoms with Crippen LogP contribution in [0.3, 0.4) is 0 Å². The molecule has 12 heteroatoms. The van der Waals surface area contributed by atoms with Crippen LogP contribution in [0.15, 0.2) is 75.4 Å². The first-order valence-corrected chi connectivity index (χ1v) is 10.9. The molecule has 2 N–H and O–H groups in total. The number of amides is 1. The van der Waals surface area contributed by atoms with Crippen molar-refractivity contribution in [2.75, 3.05) is 11.9 Å². The molecule has 0 fully saturated rings. The molecule has 0 radical (unpaired) electrons. The Hall–Kier alpha value is -4.77. The van der Waals surface area contributed by atoms with Crippen molar-refractivity contribution >= 4 is 46.0 Å². The molecule has 4 rings (SSSR count). The van der Waals surface area contributed by atoms with Crippen molar-refractivity contribution in [2.45, 2.75) is 6.92 Å². The van der Waals surface area contributed by atoms with E-state index >= 15 is 0 Å². The van der Waals surface area contributed by atoms with E-state index in [9.17, 15) is 24.5 Å². The molecule has 36 heavy (non-hydrogen) atoms. The van der Waals surface area contributed by atoms with E-state index in [1.165, 1.54) is 12.1 Å². The first-order valence-electron chi connectivity index (χ1n) is 10.5. The van der Waals surface area contributed by atoms with Gasteiger partial charge in [-0.25, -0.2) is 4.79 Å². The second kappa shape index (κ2) is 10.2. The highest BCUT2D eigenvalue weighted by molar-refractivity contribution is 6.32. The Bertz CT molecular complexity index is 1640. The van der Waals surface area contributed by atoms with Gasteiger partial charge in [0.1, 0.15) is 0 Å². The summed E-state index contributed by atoms with van der Waals surface area (Å²) in [6.07, 6.45) is 1.08. The lowest BCUT2D eigenvalue weighted by Gasteiger charge is -2.11. The smallest absolute Gasteiger partial charge is 0.349 e. The van der Waals surface area contributed by atoms with E-state index in [0.717, 1.165) is 17.8 Å². The normalized spacial score (nSPS) is 11.1. The molecule has 0 aliphatic rings. The molecular formula is C24H18ClN5O6. The number of para-hydroxylation sites is 2. The summed E-state index contributed by atoms with van der Waals surface area (Å²) in [6.45, 7) is 1.29. The van der Waals surface area contributed by atoms with Crippen molar-refractivity contribution in [1.82, 2.24) is 9.66 Å². The molecule has 182 valence electrons. The fourth-order valence-corrected chi connectivity index (χ4v) is 3.65. The van der Waals surface area contributed by atoms with Crippen LogP contribution in [-0.2, 0) is 4.79 Å². The van der Waals surface area contributed by atoms with E-state index in [2.05, 4.69) is 15.4 Å². The SMILES string of the molecule is Cc1ccccc1NC(=O)COc1c(Cl)cc(C=Nn2c(=O)[nH]c3ccccc3c2=O)cc1[N+](=O)[O-]. The van der Waals surface area contributed by atoms with Gasteiger partial charge in [-0.2, -0.15) is 5.10 Å². The first-order chi connectivity index (χ1) is 17.2. The van der Waals surface area contributed by atoms with Gasteiger partial charge in [-0.05, 0) is 36.8 Å². The number of nitro groups is 1. The van der Waals surface area contributed by atoms with Crippen LogP contribution in [0.25, 0.3) is 10.9 Å². The van der Waals surface area contributed by atoms with Crippen molar-refractivity contribution in [3.05, 3.63) is 108 Å². The maximum Gasteiger partial charge on any atom is 0.349 e. The maximum absolute atomic E-state index is 12.6. The number of fused-ring (bicyclic) bond motifs is 1. The number of benzene rings is 3. The summed E-state index contributed by atoms with van der Waals surface area (Å²) in [4.78, 5) is 50.6. The zero-order valence-electron chi connectivity index (χ0n) is 18.7. The van der Waals surface area contributed by atoms with Crippen LogP contribution in [0.4, 0.5) is 11.4 Å². The van der Waals surface area contributed by atoms with E-state index in [4.69, 9.17) is 16.3 Å². The van der Waals surface area contributed by atoms with Crippen LogP contribution in [0, 0.1) is 17.0 Å². The van der Waals surface area contributed by atoms with Crippen molar-refractivity contribution in [2.24, 2.45) is 5.10 Å². The van der Waals surface area contributed by atoms with Gasteiger partial charge in [-0.15, -0.1) is 4.68 Å². The number of nitrogens with zero attached hydrogens (tertiary/aromatic N) is 3. The molecular weight excluding hydrogens is 490 g/mol. The first kappa shape index (κ1) is 24.4. The second-order valence-corrected chi connectivity index (χ2v) is 8.00.